The van der Waals surface area contributed by atoms with Gasteiger partial charge in [0.15, 0.2) is 5.17 Å². The molecule has 0 aromatic heterocycles. The van der Waals surface area contributed by atoms with Gasteiger partial charge >= 0.3 is 0 Å². The van der Waals surface area contributed by atoms with E-state index in [4.69, 9.17) is 27.9 Å². The van der Waals surface area contributed by atoms with Crippen molar-refractivity contribution in [3.63, 3.8) is 0 Å². The van der Waals surface area contributed by atoms with Gasteiger partial charge in [-0.3, -0.25) is 4.79 Å². The van der Waals surface area contributed by atoms with Crippen LogP contribution < -0.4 is 10.1 Å². The molecule has 0 radical (unpaired) electrons. The largest absolute Gasteiger partial charge is 0.496 e. The molecule has 0 bridgehead atoms. The third-order valence-electron chi connectivity index (χ3n) is 2.20. The van der Waals surface area contributed by atoms with Crippen LogP contribution in [-0.2, 0) is 4.79 Å². The van der Waals surface area contributed by atoms with Gasteiger partial charge in [-0.15, -0.1) is 5.10 Å². The number of ether oxygens (including phenoxy) is 1. The maximum atomic E-state index is 11.0. The minimum Gasteiger partial charge on any atom is -0.496 e. The van der Waals surface area contributed by atoms with Crippen molar-refractivity contribution in [1.29, 1.82) is 0 Å². The minimum absolute atomic E-state index is 0.0824. The van der Waals surface area contributed by atoms with Gasteiger partial charge < -0.3 is 10.1 Å². The number of carbonyl (C=O) groups is 1. The molecule has 1 heterocycles. The van der Waals surface area contributed by atoms with Crippen molar-refractivity contribution in [3.8, 4) is 5.75 Å². The van der Waals surface area contributed by atoms with E-state index in [1.165, 1.54) is 25.1 Å². The summed E-state index contributed by atoms with van der Waals surface area (Å²) in [7, 11) is 1.51. The van der Waals surface area contributed by atoms with Crippen LogP contribution in [0.25, 0.3) is 0 Å². The summed E-state index contributed by atoms with van der Waals surface area (Å²) in [4.78, 5) is 11.0. The molecule has 19 heavy (non-hydrogen) atoms. The second-order valence-electron chi connectivity index (χ2n) is 3.49. The Morgan fingerprint density at radius 1 is 1.47 bits per heavy atom. The van der Waals surface area contributed by atoms with Crippen LogP contribution in [0.15, 0.2) is 22.3 Å². The number of nitrogens with one attached hydrogen (secondary N) is 1. The number of halogens is 2. The Balaban J connectivity index is 2.21. The van der Waals surface area contributed by atoms with E-state index >= 15 is 0 Å². The second kappa shape index (κ2) is 6.27. The lowest BCUT2D eigenvalue weighted by molar-refractivity contribution is -0.116. The highest BCUT2D eigenvalue weighted by Gasteiger charge is 2.16. The summed E-state index contributed by atoms with van der Waals surface area (Å²) < 4.78 is 5.16. The Labute approximate surface area is 124 Å². The fourth-order valence-electron chi connectivity index (χ4n) is 1.37. The Morgan fingerprint density at radius 3 is 2.89 bits per heavy atom. The first-order chi connectivity index (χ1) is 9.10. The van der Waals surface area contributed by atoms with E-state index < -0.39 is 0 Å². The zero-order valence-corrected chi connectivity index (χ0v) is 12.1. The van der Waals surface area contributed by atoms with Crippen LogP contribution in [0.2, 0.25) is 10.0 Å². The molecule has 1 aliphatic heterocycles. The Hall–Kier alpha value is -1.24. The van der Waals surface area contributed by atoms with Crippen LogP contribution in [0.3, 0.4) is 0 Å². The van der Waals surface area contributed by atoms with E-state index in [0.717, 1.165) is 0 Å². The maximum Gasteiger partial charge on any atom is 0.236 e. The summed E-state index contributed by atoms with van der Waals surface area (Å²) in [6.07, 6.45) is 1.45. The Morgan fingerprint density at radius 2 is 2.26 bits per heavy atom. The quantitative estimate of drug-likeness (QED) is 0.688. The number of nitrogens with zero attached hydrogens (tertiary/aromatic N) is 2. The molecule has 0 spiro atoms. The van der Waals surface area contributed by atoms with Crippen molar-refractivity contribution in [3.05, 3.63) is 27.7 Å². The molecule has 1 saturated heterocycles. The molecule has 8 heteroatoms. The third kappa shape index (κ3) is 3.62. The van der Waals surface area contributed by atoms with Gasteiger partial charge in [-0.25, -0.2) is 0 Å². The highest BCUT2D eigenvalue weighted by molar-refractivity contribution is 8.15. The topological polar surface area (TPSA) is 63.1 Å². The first-order valence-electron chi connectivity index (χ1n) is 5.17. The first-order valence-corrected chi connectivity index (χ1v) is 6.91. The number of hydrogen-bond donors (Lipinski definition) is 1. The standard InChI is InChI=1S/C11H9Cl2N3O2S/c1-18-9-3-6(12)2-8(13)7(9)4-14-16-11-15-10(17)5-19-11/h2-4H,5H2,1H3,(H,15,16,17). The number of benzene rings is 1. The van der Waals surface area contributed by atoms with Crippen molar-refractivity contribution >= 4 is 52.3 Å². The predicted molar refractivity (Wildman–Crippen MR) is 78.6 cm³/mol. The summed E-state index contributed by atoms with van der Waals surface area (Å²) in [6, 6.07) is 3.22. The molecule has 0 unspecified atom stereocenters. The maximum absolute atomic E-state index is 11.0. The van der Waals surface area contributed by atoms with E-state index in [-0.39, 0.29) is 5.91 Å². The molecule has 1 aliphatic rings. The third-order valence-corrected chi connectivity index (χ3v) is 3.59. The van der Waals surface area contributed by atoms with E-state index in [9.17, 15) is 4.79 Å². The first kappa shape index (κ1) is 14.2. The lowest BCUT2D eigenvalue weighted by atomic mass is 10.2. The van der Waals surface area contributed by atoms with Gasteiger partial charge in [0, 0.05) is 5.02 Å². The number of methoxy groups -OCH3 is 1. The molecule has 1 fully saturated rings. The molecule has 1 amide bonds. The van der Waals surface area contributed by atoms with Gasteiger partial charge in [0.25, 0.3) is 0 Å². The molecule has 100 valence electrons. The monoisotopic (exact) mass is 317 g/mol. The summed E-state index contributed by atoms with van der Waals surface area (Å²) in [5, 5.41) is 11.7. The van der Waals surface area contributed by atoms with Gasteiger partial charge in [-0.05, 0) is 12.1 Å². The number of hydrogen-bond acceptors (Lipinski definition) is 5. The minimum atomic E-state index is -0.0824. The van der Waals surface area contributed by atoms with Crippen LogP contribution in [0.5, 0.6) is 5.75 Å². The van der Waals surface area contributed by atoms with Crippen LogP contribution in [-0.4, -0.2) is 30.2 Å². The van der Waals surface area contributed by atoms with Crippen molar-refractivity contribution < 1.29 is 9.53 Å². The predicted octanol–water partition coefficient (Wildman–Crippen LogP) is 2.55. The fraction of sp³-hybridized carbons (Fsp3) is 0.182. The van der Waals surface area contributed by atoms with Gasteiger partial charge in [-0.1, -0.05) is 35.0 Å². The van der Waals surface area contributed by atoms with Gasteiger partial charge in [0.05, 0.1) is 29.7 Å². The van der Waals surface area contributed by atoms with Crippen LogP contribution in [0.1, 0.15) is 5.56 Å². The molecule has 0 aliphatic carbocycles. The molecule has 0 saturated carbocycles. The lowest BCUT2D eigenvalue weighted by Gasteiger charge is -2.06. The normalized spacial score (nSPS) is 17.2. The molecular weight excluding hydrogens is 309 g/mol. The van der Waals surface area contributed by atoms with Crippen molar-refractivity contribution in [2.45, 2.75) is 0 Å². The summed E-state index contributed by atoms with van der Waals surface area (Å²) in [5.41, 5.74) is 0.576. The highest BCUT2D eigenvalue weighted by atomic mass is 35.5. The van der Waals surface area contributed by atoms with Gasteiger partial charge in [0.1, 0.15) is 5.75 Å². The summed E-state index contributed by atoms with van der Waals surface area (Å²) in [6.45, 7) is 0. The molecule has 5 nitrogen and oxygen atoms in total. The zero-order chi connectivity index (χ0) is 13.8. The van der Waals surface area contributed by atoms with Crippen LogP contribution in [0, 0.1) is 0 Å². The average Bonchev–Trinajstić information content (AvgIpc) is 2.77. The molecule has 1 N–H and O–H groups in total. The molecule has 2 rings (SSSR count). The van der Waals surface area contributed by atoms with E-state index in [0.29, 0.717) is 32.3 Å². The summed E-state index contributed by atoms with van der Waals surface area (Å²) in [5.74, 6) is 0.782. The number of amides is 1. The number of thioether (sulfide) groups is 1. The molecular formula is C11H9Cl2N3O2S. The fourth-order valence-corrected chi connectivity index (χ4v) is 2.53. The zero-order valence-electron chi connectivity index (χ0n) is 9.81. The molecule has 1 aromatic rings. The number of rotatable bonds is 3. The Bertz CT molecular complexity index is 575. The van der Waals surface area contributed by atoms with Crippen molar-refractivity contribution in [2.75, 3.05) is 12.9 Å². The van der Waals surface area contributed by atoms with Crippen LogP contribution in [0.4, 0.5) is 0 Å². The average molecular weight is 318 g/mol. The lowest BCUT2D eigenvalue weighted by Crippen LogP contribution is -2.19. The van der Waals surface area contributed by atoms with Crippen molar-refractivity contribution in [2.24, 2.45) is 10.2 Å². The van der Waals surface area contributed by atoms with Gasteiger partial charge in [0.2, 0.25) is 5.91 Å². The molecule has 0 atom stereocenters. The van der Waals surface area contributed by atoms with Crippen LogP contribution >= 0.6 is 35.0 Å². The smallest absolute Gasteiger partial charge is 0.236 e. The van der Waals surface area contributed by atoms with E-state index in [2.05, 4.69) is 15.5 Å². The SMILES string of the molecule is COc1cc(Cl)cc(Cl)c1C=NN=C1NC(=O)CS1. The summed E-state index contributed by atoms with van der Waals surface area (Å²) >= 11 is 13.2. The molecule has 1 aromatic carbocycles. The highest BCUT2D eigenvalue weighted by Crippen LogP contribution is 2.29. The van der Waals surface area contributed by atoms with E-state index in [1.54, 1.807) is 12.1 Å². The number of amidine groups is 1. The van der Waals surface area contributed by atoms with Gasteiger partial charge in [-0.2, -0.15) is 5.10 Å². The Kier molecular flexibility index (Phi) is 4.68. The number of carbonyl (C=O) groups excluding carboxylic acids is 1. The van der Waals surface area contributed by atoms with E-state index in [1.807, 2.05) is 0 Å². The second-order valence-corrected chi connectivity index (χ2v) is 5.30. The van der Waals surface area contributed by atoms with Crippen molar-refractivity contribution in [1.82, 2.24) is 5.32 Å².